The maximum Gasteiger partial charge on any atom is 0.408 e. The molecule has 0 aliphatic carbocycles. The van der Waals surface area contributed by atoms with Gasteiger partial charge in [0.2, 0.25) is 0 Å². The van der Waals surface area contributed by atoms with E-state index in [4.69, 9.17) is 16.3 Å². The van der Waals surface area contributed by atoms with Crippen LogP contribution in [0.2, 0.25) is 5.02 Å². The fourth-order valence-corrected chi connectivity index (χ4v) is 2.17. The van der Waals surface area contributed by atoms with Crippen molar-refractivity contribution in [1.82, 2.24) is 5.32 Å². The highest BCUT2D eigenvalue weighted by Gasteiger charge is 2.24. The summed E-state index contributed by atoms with van der Waals surface area (Å²) in [7, 11) is 0. The number of amides is 1. The second-order valence-electron chi connectivity index (χ2n) is 5.23. The highest BCUT2D eigenvalue weighted by atomic mass is 35.5. The Hall–Kier alpha value is -2.86. The van der Waals surface area contributed by atoms with Crippen LogP contribution in [0, 0.1) is 0 Å². The lowest BCUT2D eigenvalue weighted by atomic mass is 10.0. The molecule has 0 bridgehead atoms. The van der Waals surface area contributed by atoms with E-state index in [1.54, 1.807) is 24.3 Å². The molecule has 0 fully saturated rings. The molecule has 0 aromatic heterocycles. The van der Waals surface area contributed by atoms with Crippen molar-refractivity contribution < 1.29 is 24.2 Å². The van der Waals surface area contributed by atoms with E-state index < -0.39 is 30.3 Å². The van der Waals surface area contributed by atoms with Gasteiger partial charge in [0.15, 0.2) is 5.78 Å². The standard InChI is InChI=1S/C18H16ClNO5/c19-14-8-6-13(7-9-14)16(21)10-15(17(22)23)20-18(24)25-11-12-4-2-1-3-5-12/h1-9,15H,10-11H2,(H,20,24)(H,22,23). The number of aliphatic carboxylic acids is 1. The number of ketones is 1. The molecule has 0 aliphatic heterocycles. The van der Waals surface area contributed by atoms with Crippen molar-refractivity contribution in [1.29, 1.82) is 0 Å². The van der Waals surface area contributed by atoms with Gasteiger partial charge in [-0.25, -0.2) is 9.59 Å². The first kappa shape index (κ1) is 18.5. The number of Topliss-reactive ketones (excluding diaryl/α,β-unsaturated/α-hetero) is 1. The number of carbonyl (C=O) groups is 3. The van der Waals surface area contributed by atoms with Crippen molar-refractivity contribution in [3.05, 3.63) is 70.7 Å². The molecular formula is C18H16ClNO5. The molecule has 2 aromatic rings. The molecule has 2 rings (SSSR count). The lowest BCUT2D eigenvalue weighted by Crippen LogP contribution is -2.42. The Bertz CT molecular complexity index is 746. The molecule has 6 nitrogen and oxygen atoms in total. The highest BCUT2D eigenvalue weighted by molar-refractivity contribution is 6.30. The normalized spacial score (nSPS) is 11.4. The first-order chi connectivity index (χ1) is 12.0. The number of hydrogen-bond donors (Lipinski definition) is 2. The molecule has 0 spiro atoms. The zero-order valence-corrected chi connectivity index (χ0v) is 13.9. The van der Waals surface area contributed by atoms with Gasteiger partial charge in [-0.1, -0.05) is 41.9 Å². The van der Waals surface area contributed by atoms with Crippen LogP contribution >= 0.6 is 11.6 Å². The van der Waals surface area contributed by atoms with Gasteiger partial charge in [-0.2, -0.15) is 0 Å². The third kappa shape index (κ3) is 5.93. The van der Waals surface area contributed by atoms with Crippen molar-refractivity contribution in [2.45, 2.75) is 19.1 Å². The number of alkyl carbamates (subject to hydrolysis) is 1. The van der Waals surface area contributed by atoms with Crippen LogP contribution in [0.3, 0.4) is 0 Å². The molecule has 0 saturated heterocycles. The molecule has 1 amide bonds. The first-order valence-corrected chi connectivity index (χ1v) is 7.82. The van der Waals surface area contributed by atoms with Crippen molar-refractivity contribution in [3.63, 3.8) is 0 Å². The first-order valence-electron chi connectivity index (χ1n) is 7.44. The summed E-state index contributed by atoms with van der Waals surface area (Å²) in [5.41, 5.74) is 1.08. The van der Waals surface area contributed by atoms with Crippen LogP contribution in [0.4, 0.5) is 4.79 Å². The van der Waals surface area contributed by atoms with E-state index in [9.17, 15) is 19.5 Å². The van der Waals surface area contributed by atoms with Gasteiger partial charge in [-0.3, -0.25) is 4.79 Å². The zero-order chi connectivity index (χ0) is 18.2. The predicted octanol–water partition coefficient (Wildman–Crippen LogP) is 3.29. The summed E-state index contributed by atoms with van der Waals surface area (Å²) < 4.78 is 4.97. The number of rotatable bonds is 7. The molecule has 0 aliphatic rings. The molecule has 1 atom stereocenters. The minimum absolute atomic E-state index is 0.00411. The molecule has 2 aromatic carbocycles. The summed E-state index contributed by atoms with van der Waals surface area (Å²) >= 11 is 5.75. The van der Waals surface area contributed by atoms with Gasteiger partial charge in [0.1, 0.15) is 12.6 Å². The van der Waals surface area contributed by atoms with E-state index in [2.05, 4.69) is 5.32 Å². The summed E-state index contributed by atoms with van der Waals surface area (Å²) in [5, 5.41) is 11.9. The van der Waals surface area contributed by atoms with Crippen LogP contribution in [-0.4, -0.2) is 29.0 Å². The molecule has 0 heterocycles. The lowest BCUT2D eigenvalue weighted by molar-refractivity contribution is -0.139. The van der Waals surface area contributed by atoms with E-state index >= 15 is 0 Å². The second kappa shape index (κ2) is 8.84. The van der Waals surface area contributed by atoms with Crippen LogP contribution in [0.1, 0.15) is 22.3 Å². The quantitative estimate of drug-likeness (QED) is 0.738. The SMILES string of the molecule is O=C(NC(CC(=O)c1ccc(Cl)cc1)C(=O)O)OCc1ccccc1. The largest absolute Gasteiger partial charge is 0.480 e. The number of halogens is 1. The summed E-state index contributed by atoms with van der Waals surface area (Å²) in [6, 6.07) is 13.6. The maximum absolute atomic E-state index is 12.1. The average molecular weight is 362 g/mol. The third-order valence-electron chi connectivity index (χ3n) is 3.36. The lowest BCUT2D eigenvalue weighted by Gasteiger charge is -2.14. The van der Waals surface area contributed by atoms with Crippen LogP contribution in [0.5, 0.6) is 0 Å². The summed E-state index contributed by atoms with van der Waals surface area (Å²) in [6.07, 6.45) is -1.29. The minimum Gasteiger partial charge on any atom is -0.480 e. The number of benzene rings is 2. The van der Waals surface area contributed by atoms with E-state index in [1.165, 1.54) is 24.3 Å². The van der Waals surface area contributed by atoms with E-state index in [0.717, 1.165) is 5.56 Å². The Labute approximate surface area is 149 Å². The number of hydrogen-bond acceptors (Lipinski definition) is 4. The van der Waals surface area contributed by atoms with E-state index in [-0.39, 0.29) is 6.61 Å². The molecule has 2 N–H and O–H groups in total. The van der Waals surface area contributed by atoms with Crippen molar-refractivity contribution in [2.24, 2.45) is 0 Å². The molecule has 25 heavy (non-hydrogen) atoms. The number of carboxylic acid groups (broad SMARTS) is 1. The predicted molar refractivity (Wildman–Crippen MR) is 91.6 cm³/mol. The van der Waals surface area contributed by atoms with Gasteiger partial charge < -0.3 is 15.2 Å². The maximum atomic E-state index is 12.1. The fraction of sp³-hybridized carbons (Fsp3) is 0.167. The van der Waals surface area contributed by atoms with Gasteiger partial charge in [0.25, 0.3) is 0 Å². The zero-order valence-electron chi connectivity index (χ0n) is 13.1. The van der Waals surface area contributed by atoms with E-state index in [0.29, 0.717) is 10.6 Å². The molecule has 130 valence electrons. The summed E-state index contributed by atoms with van der Waals surface area (Å²) in [5.74, 6) is -1.74. The Balaban J connectivity index is 1.91. The average Bonchev–Trinajstić information content (AvgIpc) is 2.60. The Kier molecular flexibility index (Phi) is 6.54. The Morgan fingerprint density at radius 1 is 1.04 bits per heavy atom. The minimum atomic E-state index is -1.38. The van der Waals surface area contributed by atoms with Crippen LogP contribution in [0.15, 0.2) is 54.6 Å². The smallest absolute Gasteiger partial charge is 0.408 e. The van der Waals surface area contributed by atoms with Gasteiger partial charge in [0, 0.05) is 17.0 Å². The molecule has 7 heteroatoms. The van der Waals surface area contributed by atoms with Crippen LogP contribution in [-0.2, 0) is 16.1 Å². The molecule has 1 unspecified atom stereocenters. The number of carbonyl (C=O) groups excluding carboxylic acids is 2. The second-order valence-corrected chi connectivity index (χ2v) is 5.67. The third-order valence-corrected chi connectivity index (χ3v) is 3.61. The van der Waals surface area contributed by atoms with Crippen molar-refractivity contribution in [2.75, 3.05) is 0 Å². The van der Waals surface area contributed by atoms with Gasteiger partial charge >= 0.3 is 12.1 Å². The molecule has 0 radical (unpaired) electrons. The Morgan fingerprint density at radius 3 is 2.28 bits per heavy atom. The number of nitrogens with one attached hydrogen (secondary N) is 1. The summed E-state index contributed by atoms with van der Waals surface area (Å²) in [6.45, 7) is 0.00411. The van der Waals surface area contributed by atoms with Gasteiger partial charge in [-0.05, 0) is 29.8 Å². The monoisotopic (exact) mass is 361 g/mol. The van der Waals surface area contributed by atoms with Gasteiger partial charge in [-0.15, -0.1) is 0 Å². The van der Waals surface area contributed by atoms with Gasteiger partial charge in [0.05, 0.1) is 0 Å². The summed E-state index contributed by atoms with van der Waals surface area (Å²) in [4.78, 5) is 35.2. The number of carboxylic acids is 1. The van der Waals surface area contributed by atoms with Crippen LogP contribution in [0.25, 0.3) is 0 Å². The van der Waals surface area contributed by atoms with Crippen molar-refractivity contribution in [3.8, 4) is 0 Å². The molecule has 0 saturated carbocycles. The Morgan fingerprint density at radius 2 is 1.68 bits per heavy atom. The number of ether oxygens (including phenoxy) is 1. The highest BCUT2D eigenvalue weighted by Crippen LogP contribution is 2.12. The molecular weight excluding hydrogens is 346 g/mol. The van der Waals surface area contributed by atoms with E-state index in [1.807, 2.05) is 6.07 Å². The topological polar surface area (TPSA) is 92.7 Å². The fourth-order valence-electron chi connectivity index (χ4n) is 2.05. The van der Waals surface area contributed by atoms with Crippen molar-refractivity contribution >= 4 is 29.4 Å². The van der Waals surface area contributed by atoms with Crippen LogP contribution < -0.4 is 5.32 Å².